The summed E-state index contributed by atoms with van der Waals surface area (Å²) in [6, 6.07) is 71.1. The van der Waals surface area contributed by atoms with Gasteiger partial charge in [0.1, 0.15) is 0 Å². The third kappa shape index (κ3) is 4.86. The average molecular weight is 771 g/mol. The van der Waals surface area contributed by atoms with Crippen LogP contribution in [0.25, 0.3) is 76.3 Å². The van der Waals surface area contributed by atoms with Crippen LogP contribution in [0.1, 0.15) is 47.2 Å². The molecule has 0 saturated heterocycles. The summed E-state index contributed by atoms with van der Waals surface area (Å²) in [5, 5.41) is 2.53. The van der Waals surface area contributed by atoms with Gasteiger partial charge in [0.25, 0.3) is 0 Å². The Morgan fingerprint density at radius 1 is 0.407 bits per heavy atom. The molecular weight excluding hydrogens is 733 g/mol. The molecule has 0 radical (unpaired) electrons. The van der Waals surface area contributed by atoms with Crippen LogP contribution in [0, 0.1) is 0 Å². The summed E-state index contributed by atoms with van der Waals surface area (Å²) >= 11 is 1.84. The number of nitrogens with zero attached hydrogens (tertiary/aromatic N) is 2. The summed E-state index contributed by atoms with van der Waals surface area (Å²) in [6.07, 6.45) is 0. The highest BCUT2D eigenvalue weighted by molar-refractivity contribution is 7.26. The van der Waals surface area contributed by atoms with E-state index < -0.39 is 5.41 Å². The fraction of sp³-hybridized carbons (Fsp3) is 0.0714. The molecule has 12 rings (SSSR count). The molecule has 59 heavy (non-hydrogen) atoms. The van der Waals surface area contributed by atoms with Gasteiger partial charge in [-0.2, -0.15) is 0 Å². The number of fused-ring (bicyclic) bond motifs is 9. The predicted octanol–water partition coefficient (Wildman–Crippen LogP) is 14.5. The van der Waals surface area contributed by atoms with Crippen LogP contribution < -0.4 is 0 Å². The molecule has 2 nitrogen and oxygen atoms in total. The molecule has 3 heteroatoms. The number of hydrogen-bond acceptors (Lipinski definition) is 3. The summed E-state index contributed by atoms with van der Waals surface area (Å²) in [7, 11) is 0. The van der Waals surface area contributed by atoms with E-state index in [-0.39, 0.29) is 5.41 Å². The van der Waals surface area contributed by atoms with Crippen LogP contribution in [-0.2, 0) is 10.8 Å². The minimum atomic E-state index is -0.508. The van der Waals surface area contributed by atoms with Gasteiger partial charge in [-0.05, 0) is 73.8 Å². The number of hydrogen-bond donors (Lipinski definition) is 0. The molecular formula is C56H38N2S. The maximum absolute atomic E-state index is 5.58. The van der Waals surface area contributed by atoms with E-state index in [1.165, 1.54) is 75.8 Å². The molecule has 10 aromatic rings. The number of aromatic nitrogens is 2. The zero-order valence-corrected chi connectivity index (χ0v) is 33.6. The van der Waals surface area contributed by atoms with E-state index in [9.17, 15) is 0 Å². The Hall–Kier alpha value is -6.94. The molecule has 2 aromatic heterocycles. The monoisotopic (exact) mass is 770 g/mol. The largest absolute Gasteiger partial charge is 0.228 e. The zero-order chi connectivity index (χ0) is 39.3. The quantitative estimate of drug-likeness (QED) is 0.174. The van der Waals surface area contributed by atoms with Gasteiger partial charge in [-0.3, -0.25) is 0 Å². The van der Waals surface area contributed by atoms with Gasteiger partial charge >= 0.3 is 0 Å². The van der Waals surface area contributed by atoms with Crippen LogP contribution in [0.4, 0.5) is 0 Å². The Morgan fingerprint density at radius 3 is 1.75 bits per heavy atom. The molecule has 0 N–H and O–H groups in total. The lowest BCUT2D eigenvalue weighted by Crippen LogP contribution is -2.28. The first-order valence-electron chi connectivity index (χ1n) is 20.4. The van der Waals surface area contributed by atoms with Crippen LogP contribution >= 0.6 is 11.3 Å². The Kier molecular flexibility index (Phi) is 7.39. The van der Waals surface area contributed by atoms with Gasteiger partial charge in [0, 0.05) is 42.3 Å². The van der Waals surface area contributed by atoms with Crippen molar-refractivity contribution in [3.63, 3.8) is 0 Å². The van der Waals surface area contributed by atoms with Crippen molar-refractivity contribution in [3.05, 3.63) is 228 Å². The molecule has 0 unspecified atom stereocenters. The minimum Gasteiger partial charge on any atom is -0.228 e. The van der Waals surface area contributed by atoms with E-state index in [0.29, 0.717) is 0 Å². The minimum absolute atomic E-state index is 0.146. The topological polar surface area (TPSA) is 25.8 Å². The molecule has 2 aliphatic rings. The second-order valence-corrected chi connectivity index (χ2v) is 17.5. The van der Waals surface area contributed by atoms with Gasteiger partial charge < -0.3 is 0 Å². The zero-order valence-electron chi connectivity index (χ0n) is 32.8. The maximum atomic E-state index is 5.58. The maximum Gasteiger partial charge on any atom is 0.160 e. The van der Waals surface area contributed by atoms with Crippen molar-refractivity contribution >= 4 is 31.5 Å². The molecule has 0 atom stereocenters. The van der Waals surface area contributed by atoms with Crippen molar-refractivity contribution in [1.29, 1.82) is 0 Å². The first-order chi connectivity index (χ1) is 29.0. The molecule has 0 bridgehead atoms. The van der Waals surface area contributed by atoms with Gasteiger partial charge in [-0.25, -0.2) is 9.97 Å². The van der Waals surface area contributed by atoms with E-state index in [1.807, 2.05) is 11.3 Å². The number of thiophene rings is 1. The van der Waals surface area contributed by atoms with Crippen molar-refractivity contribution in [1.82, 2.24) is 9.97 Å². The summed E-state index contributed by atoms with van der Waals surface area (Å²) in [4.78, 5) is 11.1. The highest BCUT2D eigenvalue weighted by Gasteiger charge is 2.47. The highest BCUT2D eigenvalue weighted by Crippen LogP contribution is 2.58. The Bertz CT molecular complexity index is 3260. The summed E-state index contributed by atoms with van der Waals surface area (Å²) < 4.78 is 2.52. The fourth-order valence-corrected chi connectivity index (χ4v) is 11.6. The molecule has 278 valence electrons. The van der Waals surface area contributed by atoms with Crippen molar-refractivity contribution in [2.24, 2.45) is 0 Å². The Labute approximate surface area is 348 Å². The summed E-state index contributed by atoms with van der Waals surface area (Å²) in [5.41, 5.74) is 17.2. The van der Waals surface area contributed by atoms with Crippen molar-refractivity contribution < 1.29 is 0 Å². The third-order valence-electron chi connectivity index (χ3n) is 13.0. The summed E-state index contributed by atoms with van der Waals surface area (Å²) in [6.45, 7) is 4.67. The van der Waals surface area contributed by atoms with Crippen LogP contribution in [0.3, 0.4) is 0 Å². The molecule has 0 saturated carbocycles. The number of rotatable bonds is 5. The standard InChI is InChI=1S/C56H38N2S/c1-55(2)45-27-12-9-21-38(45)39-32-31-35(33-48(39)55)54-57-49(34-50(58-54)44-26-15-24-41-40-22-11-14-30-51(40)59-53(41)44)43-25-16-29-47-52(43)42-23-10-13-28-46(42)56(47,36-17-5-3-6-18-36)37-19-7-4-8-20-37/h3-34H,1-2H3. The van der Waals surface area contributed by atoms with Gasteiger partial charge in [-0.1, -0.05) is 190 Å². The molecule has 0 spiro atoms. The van der Waals surface area contributed by atoms with E-state index in [1.54, 1.807) is 0 Å². The number of benzene rings is 8. The normalized spacial score (nSPS) is 14.2. The highest BCUT2D eigenvalue weighted by atomic mass is 32.1. The SMILES string of the molecule is CC1(C)c2ccccc2-c2ccc(-c3nc(-c4cccc5c4-c4ccccc4C5(c4ccccc4)c4ccccc4)cc(-c4cccc5c4sc4ccccc45)n3)cc21. The lowest BCUT2D eigenvalue weighted by atomic mass is 9.67. The first kappa shape index (κ1) is 34.1. The predicted molar refractivity (Wildman–Crippen MR) is 246 cm³/mol. The third-order valence-corrected chi connectivity index (χ3v) is 14.2. The van der Waals surface area contributed by atoms with Crippen molar-refractivity contribution in [2.75, 3.05) is 0 Å². The lowest BCUT2D eigenvalue weighted by molar-refractivity contribution is 0.660. The van der Waals surface area contributed by atoms with E-state index in [2.05, 4.69) is 208 Å². The Morgan fingerprint density at radius 2 is 0.966 bits per heavy atom. The molecule has 2 aliphatic carbocycles. The van der Waals surface area contributed by atoms with Gasteiger partial charge in [0.2, 0.25) is 0 Å². The van der Waals surface area contributed by atoms with Crippen LogP contribution in [0.15, 0.2) is 194 Å². The van der Waals surface area contributed by atoms with Gasteiger partial charge in [-0.15, -0.1) is 11.3 Å². The fourth-order valence-electron chi connectivity index (χ4n) is 10.4. The van der Waals surface area contributed by atoms with Crippen LogP contribution in [0.5, 0.6) is 0 Å². The van der Waals surface area contributed by atoms with Crippen LogP contribution in [-0.4, -0.2) is 9.97 Å². The lowest BCUT2D eigenvalue weighted by Gasteiger charge is -2.33. The second kappa shape index (κ2) is 12.8. The van der Waals surface area contributed by atoms with Crippen molar-refractivity contribution in [3.8, 4) is 56.2 Å². The van der Waals surface area contributed by atoms with Gasteiger partial charge in [0.05, 0.1) is 16.8 Å². The first-order valence-corrected chi connectivity index (χ1v) is 21.2. The van der Waals surface area contributed by atoms with E-state index >= 15 is 0 Å². The van der Waals surface area contributed by atoms with Crippen molar-refractivity contribution in [2.45, 2.75) is 24.7 Å². The van der Waals surface area contributed by atoms with E-state index in [0.717, 1.165) is 33.9 Å². The Balaban J connectivity index is 1.14. The molecule has 0 amide bonds. The molecule has 0 aliphatic heterocycles. The average Bonchev–Trinajstić information content (AvgIpc) is 3.91. The molecule has 2 heterocycles. The second-order valence-electron chi connectivity index (χ2n) is 16.4. The molecule has 0 fully saturated rings. The van der Waals surface area contributed by atoms with Gasteiger partial charge in [0.15, 0.2) is 5.82 Å². The summed E-state index contributed by atoms with van der Waals surface area (Å²) in [5.74, 6) is 0.728. The molecule has 8 aromatic carbocycles. The van der Waals surface area contributed by atoms with E-state index in [4.69, 9.17) is 9.97 Å². The smallest absolute Gasteiger partial charge is 0.160 e. The van der Waals surface area contributed by atoms with Crippen LogP contribution in [0.2, 0.25) is 0 Å².